The van der Waals surface area contributed by atoms with Crippen LogP contribution < -0.4 is 11.1 Å². The van der Waals surface area contributed by atoms with Gasteiger partial charge in [-0.05, 0) is 0 Å². The molecular formula is C6H8N4O3. The molecule has 7 heteroatoms. The third-order valence-electron chi connectivity index (χ3n) is 1.30. The van der Waals surface area contributed by atoms with Gasteiger partial charge in [-0.15, -0.1) is 0 Å². The topological polar surface area (TPSA) is 121 Å². The number of carbonyl (C=O) groups excluding carboxylic acids is 1. The second kappa shape index (κ2) is 3.57. The fraction of sp³-hybridized carbons (Fsp3) is 0.167. The highest BCUT2D eigenvalue weighted by Gasteiger charge is 2.11. The molecule has 1 rings (SSSR count). The van der Waals surface area contributed by atoms with Crippen molar-refractivity contribution in [3.05, 3.63) is 11.9 Å². The molecule has 13 heavy (non-hydrogen) atoms. The Morgan fingerprint density at radius 2 is 2.38 bits per heavy atom. The Bertz CT molecular complexity index is 332. The number of H-pyrrole nitrogens is 1. The Hall–Kier alpha value is -2.05. The molecule has 1 aromatic rings. The van der Waals surface area contributed by atoms with Crippen molar-refractivity contribution in [2.45, 2.75) is 0 Å². The molecule has 0 aliphatic rings. The van der Waals surface area contributed by atoms with Crippen LogP contribution in [0.2, 0.25) is 0 Å². The van der Waals surface area contributed by atoms with Gasteiger partial charge in [-0.25, -0.2) is 0 Å². The minimum absolute atomic E-state index is 0.0706. The second-order valence-corrected chi connectivity index (χ2v) is 2.28. The SMILES string of the molecule is Nc1cn[nH]c1C(=O)NCC(=O)O. The van der Waals surface area contributed by atoms with E-state index >= 15 is 0 Å². The lowest BCUT2D eigenvalue weighted by molar-refractivity contribution is -0.135. The molecule has 1 amide bonds. The molecule has 0 unspecified atom stereocenters. The maximum atomic E-state index is 11.1. The van der Waals surface area contributed by atoms with Gasteiger partial charge < -0.3 is 16.2 Å². The maximum Gasteiger partial charge on any atom is 0.322 e. The summed E-state index contributed by atoms with van der Waals surface area (Å²) in [6.45, 7) is -0.447. The molecule has 7 nitrogen and oxygen atoms in total. The molecule has 0 aliphatic carbocycles. The minimum Gasteiger partial charge on any atom is -0.480 e. The van der Waals surface area contributed by atoms with Crippen molar-refractivity contribution in [1.29, 1.82) is 0 Å². The van der Waals surface area contributed by atoms with Crippen molar-refractivity contribution in [2.24, 2.45) is 0 Å². The van der Waals surface area contributed by atoms with Crippen LogP contribution in [0.4, 0.5) is 5.69 Å². The Labute approximate surface area is 72.9 Å². The molecule has 0 aromatic carbocycles. The summed E-state index contributed by atoms with van der Waals surface area (Å²) in [6.07, 6.45) is 1.27. The first-order valence-electron chi connectivity index (χ1n) is 3.40. The van der Waals surface area contributed by atoms with E-state index in [1.54, 1.807) is 0 Å². The number of hydrogen-bond donors (Lipinski definition) is 4. The van der Waals surface area contributed by atoms with Crippen LogP contribution >= 0.6 is 0 Å². The zero-order valence-corrected chi connectivity index (χ0v) is 6.57. The van der Waals surface area contributed by atoms with E-state index in [4.69, 9.17) is 10.8 Å². The van der Waals surface area contributed by atoms with Crippen LogP contribution in [0.1, 0.15) is 10.5 Å². The van der Waals surface area contributed by atoms with Crippen LogP contribution in [0.25, 0.3) is 0 Å². The number of aromatic amines is 1. The minimum atomic E-state index is -1.12. The van der Waals surface area contributed by atoms with E-state index in [9.17, 15) is 9.59 Å². The zero-order chi connectivity index (χ0) is 9.84. The summed E-state index contributed by atoms with van der Waals surface area (Å²) in [7, 11) is 0. The lowest BCUT2D eigenvalue weighted by Gasteiger charge is -1.99. The summed E-state index contributed by atoms with van der Waals surface area (Å²) in [5.41, 5.74) is 5.60. The van der Waals surface area contributed by atoms with E-state index in [0.29, 0.717) is 0 Å². The molecular weight excluding hydrogens is 176 g/mol. The monoisotopic (exact) mass is 184 g/mol. The van der Waals surface area contributed by atoms with E-state index < -0.39 is 18.4 Å². The molecule has 5 N–H and O–H groups in total. The quantitative estimate of drug-likeness (QED) is 0.470. The molecule has 0 fully saturated rings. The molecule has 0 aliphatic heterocycles. The van der Waals surface area contributed by atoms with Crippen LogP contribution in [-0.2, 0) is 4.79 Å². The molecule has 0 atom stereocenters. The van der Waals surface area contributed by atoms with Crippen LogP contribution in [0, 0.1) is 0 Å². The number of rotatable bonds is 3. The lowest BCUT2D eigenvalue weighted by atomic mass is 10.3. The van der Waals surface area contributed by atoms with Crippen molar-refractivity contribution in [3.8, 4) is 0 Å². The lowest BCUT2D eigenvalue weighted by Crippen LogP contribution is -2.29. The number of amides is 1. The van der Waals surface area contributed by atoms with Crippen LogP contribution in [0.15, 0.2) is 6.20 Å². The first kappa shape index (κ1) is 9.04. The van der Waals surface area contributed by atoms with E-state index in [-0.39, 0.29) is 11.4 Å². The number of nitrogens with two attached hydrogens (primary N) is 1. The number of carboxylic acids is 1. The molecule has 70 valence electrons. The van der Waals surface area contributed by atoms with Gasteiger partial charge in [0.2, 0.25) is 0 Å². The number of anilines is 1. The van der Waals surface area contributed by atoms with Crippen molar-refractivity contribution < 1.29 is 14.7 Å². The summed E-state index contributed by atoms with van der Waals surface area (Å²) < 4.78 is 0. The molecule has 0 saturated heterocycles. The second-order valence-electron chi connectivity index (χ2n) is 2.28. The molecule has 0 spiro atoms. The fourth-order valence-corrected chi connectivity index (χ4v) is 0.722. The Kier molecular flexibility index (Phi) is 2.48. The van der Waals surface area contributed by atoms with E-state index in [0.717, 1.165) is 0 Å². The maximum absolute atomic E-state index is 11.1. The van der Waals surface area contributed by atoms with Crippen molar-refractivity contribution in [1.82, 2.24) is 15.5 Å². The molecule has 1 heterocycles. The van der Waals surface area contributed by atoms with Crippen LogP contribution in [-0.4, -0.2) is 33.7 Å². The summed E-state index contributed by atoms with van der Waals surface area (Å²) in [5.74, 6) is -1.70. The normalized spacial score (nSPS) is 9.54. The molecule has 1 aromatic heterocycles. The third-order valence-corrected chi connectivity index (χ3v) is 1.30. The zero-order valence-electron chi connectivity index (χ0n) is 6.57. The molecule has 0 radical (unpaired) electrons. The summed E-state index contributed by atoms with van der Waals surface area (Å²) in [4.78, 5) is 21.2. The summed E-state index contributed by atoms with van der Waals surface area (Å²) in [5, 5.41) is 16.3. The first-order chi connectivity index (χ1) is 6.11. The van der Waals surface area contributed by atoms with Crippen LogP contribution in [0.5, 0.6) is 0 Å². The highest BCUT2D eigenvalue weighted by molar-refractivity contribution is 5.98. The fourth-order valence-electron chi connectivity index (χ4n) is 0.722. The molecule has 0 bridgehead atoms. The predicted octanol–water partition coefficient (Wildman–Crippen LogP) is -1.19. The number of nitrogen functional groups attached to an aromatic ring is 1. The number of aromatic nitrogens is 2. The Morgan fingerprint density at radius 1 is 1.69 bits per heavy atom. The summed E-state index contributed by atoms with van der Waals surface area (Å²) >= 11 is 0. The van der Waals surface area contributed by atoms with Gasteiger partial charge in [-0.3, -0.25) is 14.7 Å². The summed E-state index contributed by atoms with van der Waals surface area (Å²) in [6, 6.07) is 0. The van der Waals surface area contributed by atoms with Gasteiger partial charge in [-0.1, -0.05) is 0 Å². The highest BCUT2D eigenvalue weighted by atomic mass is 16.4. The predicted molar refractivity (Wildman–Crippen MR) is 43.0 cm³/mol. The number of nitrogens with zero attached hydrogens (tertiary/aromatic N) is 1. The Balaban J connectivity index is 2.59. The van der Waals surface area contributed by atoms with Crippen LogP contribution in [0.3, 0.4) is 0 Å². The van der Waals surface area contributed by atoms with Gasteiger partial charge in [0, 0.05) is 0 Å². The smallest absolute Gasteiger partial charge is 0.322 e. The number of hydrogen-bond acceptors (Lipinski definition) is 4. The van der Waals surface area contributed by atoms with Gasteiger partial charge in [0.15, 0.2) is 0 Å². The standard InChI is InChI=1S/C6H8N4O3/c7-3-1-9-10-5(3)6(13)8-2-4(11)12/h1H,2,7H2,(H,8,13)(H,9,10)(H,11,12). The first-order valence-corrected chi connectivity index (χ1v) is 3.40. The van der Waals surface area contributed by atoms with Gasteiger partial charge in [-0.2, -0.15) is 5.10 Å². The third kappa shape index (κ3) is 2.19. The average Bonchev–Trinajstić information content (AvgIpc) is 2.47. The van der Waals surface area contributed by atoms with E-state index in [2.05, 4.69) is 15.5 Å². The average molecular weight is 184 g/mol. The number of carboxylic acid groups (broad SMARTS) is 1. The van der Waals surface area contributed by atoms with Gasteiger partial charge in [0.25, 0.3) is 5.91 Å². The van der Waals surface area contributed by atoms with Gasteiger partial charge in [0.05, 0.1) is 11.9 Å². The highest BCUT2D eigenvalue weighted by Crippen LogP contribution is 2.04. The Morgan fingerprint density at radius 3 is 2.85 bits per heavy atom. The van der Waals surface area contributed by atoms with Crippen molar-refractivity contribution in [2.75, 3.05) is 12.3 Å². The largest absolute Gasteiger partial charge is 0.480 e. The van der Waals surface area contributed by atoms with Gasteiger partial charge in [0.1, 0.15) is 12.2 Å². The molecule has 0 saturated carbocycles. The van der Waals surface area contributed by atoms with Crippen molar-refractivity contribution >= 4 is 17.6 Å². The number of nitrogens with one attached hydrogen (secondary N) is 2. The van der Waals surface area contributed by atoms with Gasteiger partial charge >= 0.3 is 5.97 Å². The van der Waals surface area contributed by atoms with E-state index in [1.807, 2.05) is 0 Å². The van der Waals surface area contributed by atoms with E-state index in [1.165, 1.54) is 6.20 Å². The number of aliphatic carboxylic acids is 1. The number of carbonyl (C=O) groups is 2. The van der Waals surface area contributed by atoms with Crippen molar-refractivity contribution in [3.63, 3.8) is 0 Å².